The molecule has 1 aromatic carbocycles. The Morgan fingerprint density at radius 3 is 2.46 bits per heavy atom. The molecule has 1 aromatic heterocycles. The quantitative estimate of drug-likeness (QED) is 0.896. The van der Waals surface area contributed by atoms with Crippen LogP contribution in [0.15, 0.2) is 53.5 Å². The van der Waals surface area contributed by atoms with Crippen molar-refractivity contribution in [2.45, 2.75) is 51.2 Å². The fourth-order valence-corrected chi connectivity index (χ4v) is 3.49. The van der Waals surface area contributed by atoms with Crippen molar-refractivity contribution in [1.82, 2.24) is 14.8 Å². The summed E-state index contributed by atoms with van der Waals surface area (Å²) in [5.41, 5.74) is 2.11. The van der Waals surface area contributed by atoms with Crippen molar-refractivity contribution in [2.24, 2.45) is 0 Å². The van der Waals surface area contributed by atoms with Gasteiger partial charge in [-0.3, -0.25) is 4.79 Å². The van der Waals surface area contributed by atoms with Gasteiger partial charge in [0.15, 0.2) is 0 Å². The zero-order valence-corrected chi connectivity index (χ0v) is 15.4. The molecular formula is C21H27N3O2. The second-order valence-corrected chi connectivity index (χ2v) is 7.04. The summed E-state index contributed by atoms with van der Waals surface area (Å²) in [7, 11) is 1.89. The molecule has 1 aliphatic rings. The molecule has 26 heavy (non-hydrogen) atoms. The number of urea groups is 1. The van der Waals surface area contributed by atoms with E-state index in [1.54, 1.807) is 22.9 Å². The van der Waals surface area contributed by atoms with Gasteiger partial charge in [0.05, 0.1) is 6.54 Å². The molecule has 1 aliphatic carbocycles. The minimum Gasteiger partial charge on any atom is -0.334 e. The van der Waals surface area contributed by atoms with Crippen LogP contribution >= 0.6 is 0 Å². The maximum atomic E-state index is 12.3. The largest absolute Gasteiger partial charge is 0.334 e. The number of carbonyl (C=O) groups is 1. The number of hydrogen-bond donors (Lipinski definition) is 1. The summed E-state index contributed by atoms with van der Waals surface area (Å²) < 4.78 is 1.68. The number of nitrogens with one attached hydrogen (secondary N) is 1. The van der Waals surface area contributed by atoms with Crippen molar-refractivity contribution in [1.29, 1.82) is 0 Å². The molecule has 138 valence electrons. The van der Waals surface area contributed by atoms with E-state index in [-0.39, 0.29) is 11.6 Å². The number of rotatable bonds is 5. The number of aromatic nitrogens is 1. The summed E-state index contributed by atoms with van der Waals surface area (Å²) in [6.07, 6.45) is 7.72. The molecule has 0 saturated heterocycles. The summed E-state index contributed by atoms with van der Waals surface area (Å²) in [6, 6.07) is 13.5. The lowest BCUT2D eigenvalue weighted by molar-refractivity contribution is 0.173. The maximum Gasteiger partial charge on any atom is 0.317 e. The molecule has 0 unspecified atom stereocenters. The van der Waals surface area contributed by atoms with Crippen molar-refractivity contribution < 1.29 is 4.79 Å². The Hall–Kier alpha value is -2.56. The first-order chi connectivity index (χ1) is 12.6. The van der Waals surface area contributed by atoms with E-state index in [1.165, 1.54) is 19.3 Å². The lowest BCUT2D eigenvalue weighted by atomic mass is 9.95. The summed E-state index contributed by atoms with van der Waals surface area (Å²) >= 11 is 0. The van der Waals surface area contributed by atoms with Crippen LogP contribution in [0.3, 0.4) is 0 Å². The lowest BCUT2D eigenvalue weighted by Gasteiger charge is -2.31. The first-order valence-electron chi connectivity index (χ1n) is 9.37. The average Bonchev–Trinajstić information content (AvgIpc) is 2.69. The average molecular weight is 353 g/mol. The summed E-state index contributed by atoms with van der Waals surface area (Å²) in [5, 5.41) is 3.01. The van der Waals surface area contributed by atoms with Crippen LogP contribution < -0.4 is 10.9 Å². The Morgan fingerprint density at radius 1 is 1.08 bits per heavy atom. The fourth-order valence-electron chi connectivity index (χ4n) is 3.49. The third kappa shape index (κ3) is 4.75. The predicted octanol–water partition coefficient (Wildman–Crippen LogP) is 3.37. The van der Waals surface area contributed by atoms with Gasteiger partial charge in [0, 0.05) is 31.9 Å². The van der Waals surface area contributed by atoms with Crippen LogP contribution in [-0.4, -0.2) is 28.6 Å². The van der Waals surface area contributed by atoms with Crippen LogP contribution in [0, 0.1) is 0 Å². The molecule has 0 aliphatic heterocycles. The highest BCUT2D eigenvalue weighted by molar-refractivity contribution is 5.74. The number of hydrogen-bond acceptors (Lipinski definition) is 2. The van der Waals surface area contributed by atoms with Crippen molar-refractivity contribution in [3.8, 4) is 0 Å². The van der Waals surface area contributed by atoms with Gasteiger partial charge in [-0.25, -0.2) is 4.79 Å². The van der Waals surface area contributed by atoms with E-state index in [0.29, 0.717) is 19.1 Å². The zero-order valence-electron chi connectivity index (χ0n) is 15.4. The van der Waals surface area contributed by atoms with Crippen LogP contribution in [0.2, 0.25) is 0 Å². The molecule has 1 saturated carbocycles. The van der Waals surface area contributed by atoms with E-state index < -0.39 is 0 Å². The smallest absolute Gasteiger partial charge is 0.317 e. The van der Waals surface area contributed by atoms with Gasteiger partial charge in [-0.05, 0) is 30.0 Å². The van der Waals surface area contributed by atoms with Crippen molar-refractivity contribution in [3.05, 3.63) is 70.1 Å². The minimum atomic E-state index is -0.00501. The molecule has 3 rings (SSSR count). The third-order valence-corrected chi connectivity index (χ3v) is 5.16. The zero-order chi connectivity index (χ0) is 18.4. The van der Waals surface area contributed by atoms with Gasteiger partial charge in [0.1, 0.15) is 0 Å². The topological polar surface area (TPSA) is 54.3 Å². The van der Waals surface area contributed by atoms with Gasteiger partial charge >= 0.3 is 6.03 Å². The SMILES string of the molecule is CN(C(=O)NCc1ccc(Cn2ccccc2=O)cc1)C1CCCCC1. The number of amides is 2. The highest BCUT2D eigenvalue weighted by atomic mass is 16.2. The van der Waals surface area contributed by atoms with Gasteiger partial charge < -0.3 is 14.8 Å². The Balaban J connectivity index is 1.52. The first-order valence-corrected chi connectivity index (χ1v) is 9.37. The van der Waals surface area contributed by atoms with E-state index in [2.05, 4.69) is 5.32 Å². The number of nitrogens with zero attached hydrogens (tertiary/aromatic N) is 2. The summed E-state index contributed by atoms with van der Waals surface area (Å²) in [6.45, 7) is 1.07. The van der Waals surface area contributed by atoms with Crippen LogP contribution in [0.5, 0.6) is 0 Å². The number of benzene rings is 1. The van der Waals surface area contributed by atoms with E-state index in [0.717, 1.165) is 24.0 Å². The van der Waals surface area contributed by atoms with Crippen LogP contribution in [0.1, 0.15) is 43.2 Å². The molecule has 0 radical (unpaired) electrons. The highest BCUT2D eigenvalue weighted by Gasteiger charge is 2.21. The second-order valence-electron chi connectivity index (χ2n) is 7.04. The molecule has 2 aromatic rings. The standard InChI is InChI=1S/C21H27N3O2/c1-23(19-7-3-2-4-8-19)21(26)22-15-17-10-12-18(13-11-17)16-24-14-6-5-9-20(24)25/h5-6,9-14,19H,2-4,7-8,15-16H2,1H3,(H,22,26). The van der Waals surface area contributed by atoms with Crippen molar-refractivity contribution in [2.75, 3.05) is 7.05 Å². The van der Waals surface area contributed by atoms with Gasteiger partial charge in [-0.15, -0.1) is 0 Å². The van der Waals surface area contributed by atoms with Crippen molar-refractivity contribution in [3.63, 3.8) is 0 Å². The molecule has 1 N–H and O–H groups in total. The molecule has 5 nitrogen and oxygen atoms in total. The monoisotopic (exact) mass is 353 g/mol. The molecule has 0 atom stereocenters. The van der Waals surface area contributed by atoms with E-state index >= 15 is 0 Å². The van der Waals surface area contributed by atoms with E-state index in [1.807, 2.05) is 42.3 Å². The minimum absolute atomic E-state index is 0.00295. The van der Waals surface area contributed by atoms with Crippen LogP contribution in [-0.2, 0) is 13.1 Å². The van der Waals surface area contributed by atoms with Crippen LogP contribution in [0.25, 0.3) is 0 Å². The molecule has 0 spiro atoms. The van der Waals surface area contributed by atoms with Crippen LogP contribution in [0.4, 0.5) is 4.79 Å². The lowest BCUT2D eigenvalue weighted by Crippen LogP contribution is -2.44. The Labute approximate surface area is 154 Å². The fraction of sp³-hybridized carbons (Fsp3) is 0.429. The normalized spacial score (nSPS) is 14.8. The Morgan fingerprint density at radius 2 is 1.77 bits per heavy atom. The summed E-state index contributed by atoms with van der Waals surface area (Å²) in [5.74, 6) is 0. The third-order valence-electron chi connectivity index (χ3n) is 5.16. The van der Waals surface area contributed by atoms with Gasteiger partial charge in [0.25, 0.3) is 5.56 Å². The van der Waals surface area contributed by atoms with Gasteiger partial charge in [-0.2, -0.15) is 0 Å². The maximum absolute atomic E-state index is 12.3. The van der Waals surface area contributed by atoms with Crippen molar-refractivity contribution >= 4 is 6.03 Å². The Kier molecular flexibility index (Phi) is 6.10. The van der Waals surface area contributed by atoms with Gasteiger partial charge in [0.2, 0.25) is 0 Å². The molecular weight excluding hydrogens is 326 g/mol. The van der Waals surface area contributed by atoms with Gasteiger partial charge in [-0.1, -0.05) is 49.6 Å². The molecule has 0 bridgehead atoms. The second kappa shape index (κ2) is 8.70. The predicted molar refractivity (Wildman–Crippen MR) is 103 cm³/mol. The highest BCUT2D eigenvalue weighted by Crippen LogP contribution is 2.21. The molecule has 2 amide bonds. The number of pyridine rings is 1. The first kappa shape index (κ1) is 18.2. The van der Waals surface area contributed by atoms with E-state index in [9.17, 15) is 9.59 Å². The molecule has 5 heteroatoms. The summed E-state index contributed by atoms with van der Waals surface area (Å²) in [4.78, 5) is 26.0. The van der Waals surface area contributed by atoms with E-state index in [4.69, 9.17) is 0 Å². The molecule has 1 fully saturated rings. The number of carbonyl (C=O) groups excluding carboxylic acids is 1. The molecule has 1 heterocycles. The Bertz CT molecular complexity index is 776.